The number of hydrogen-bond acceptors (Lipinski definition) is 3. The third-order valence-corrected chi connectivity index (χ3v) is 3.79. The fourth-order valence-electron chi connectivity index (χ4n) is 2.52. The highest BCUT2D eigenvalue weighted by molar-refractivity contribution is 5.68. The molecule has 1 N–H and O–H groups in total. The lowest BCUT2D eigenvalue weighted by Gasteiger charge is -2.23. The molecule has 0 aliphatic heterocycles. The van der Waals surface area contributed by atoms with Crippen LogP contribution in [-0.2, 0) is 11.0 Å². The Kier molecular flexibility index (Phi) is 6.63. The highest BCUT2D eigenvalue weighted by Crippen LogP contribution is 2.33. The summed E-state index contributed by atoms with van der Waals surface area (Å²) >= 11 is 0. The van der Waals surface area contributed by atoms with E-state index in [1.54, 1.807) is 11.9 Å². The summed E-state index contributed by atoms with van der Waals surface area (Å²) in [5, 5.41) is 8.83. The SMILES string of the molecule is CN(CC[C@H](Oc1cccc(C(F)(F)F)c1)c1ccccc1)CC(=O)O. The number of carboxylic acid groups (broad SMARTS) is 1. The number of aliphatic carboxylic acids is 1. The van der Waals surface area contributed by atoms with Crippen LogP contribution in [0.1, 0.15) is 23.7 Å². The van der Waals surface area contributed by atoms with Gasteiger partial charge in [-0.1, -0.05) is 36.4 Å². The Balaban J connectivity index is 2.16. The van der Waals surface area contributed by atoms with Crippen molar-refractivity contribution < 1.29 is 27.8 Å². The molecule has 0 aliphatic rings. The number of carboxylic acids is 1. The summed E-state index contributed by atoms with van der Waals surface area (Å²) in [4.78, 5) is 12.4. The first-order chi connectivity index (χ1) is 12.3. The number of benzene rings is 2. The van der Waals surface area contributed by atoms with Crippen molar-refractivity contribution >= 4 is 5.97 Å². The molecule has 26 heavy (non-hydrogen) atoms. The summed E-state index contributed by atoms with van der Waals surface area (Å²) in [6.07, 6.45) is -4.50. The number of hydrogen-bond donors (Lipinski definition) is 1. The molecule has 7 heteroatoms. The van der Waals surface area contributed by atoms with Crippen molar-refractivity contribution in [2.45, 2.75) is 18.7 Å². The zero-order valence-electron chi connectivity index (χ0n) is 14.2. The van der Waals surface area contributed by atoms with Gasteiger partial charge in [0.25, 0.3) is 0 Å². The Morgan fingerprint density at radius 1 is 1.15 bits per heavy atom. The Morgan fingerprint density at radius 3 is 2.46 bits per heavy atom. The third-order valence-electron chi connectivity index (χ3n) is 3.79. The van der Waals surface area contributed by atoms with Gasteiger partial charge in [0, 0.05) is 13.0 Å². The molecule has 2 rings (SSSR count). The maximum Gasteiger partial charge on any atom is 0.416 e. The van der Waals surface area contributed by atoms with E-state index in [1.807, 2.05) is 30.3 Å². The van der Waals surface area contributed by atoms with E-state index in [0.29, 0.717) is 13.0 Å². The number of rotatable bonds is 8. The van der Waals surface area contributed by atoms with Crippen LogP contribution in [0.25, 0.3) is 0 Å². The number of likely N-dealkylation sites (N-methyl/N-ethyl adjacent to an activating group) is 1. The molecule has 0 saturated heterocycles. The molecule has 0 bridgehead atoms. The van der Waals surface area contributed by atoms with Crippen LogP contribution in [-0.4, -0.2) is 36.1 Å². The summed E-state index contributed by atoms with van der Waals surface area (Å²) in [5.41, 5.74) is 0.0402. The van der Waals surface area contributed by atoms with Gasteiger partial charge in [0.05, 0.1) is 12.1 Å². The van der Waals surface area contributed by atoms with E-state index in [-0.39, 0.29) is 12.3 Å². The maximum absolute atomic E-state index is 12.9. The molecular weight excluding hydrogens is 347 g/mol. The number of alkyl halides is 3. The molecule has 0 aliphatic carbocycles. The lowest BCUT2D eigenvalue weighted by Crippen LogP contribution is -2.28. The van der Waals surface area contributed by atoms with Gasteiger partial charge in [0.2, 0.25) is 0 Å². The maximum atomic E-state index is 12.9. The normalized spacial score (nSPS) is 12.8. The second kappa shape index (κ2) is 8.71. The molecule has 0 saturated carbocycles. The second-order valence-corrected chi connectivity index (χ2v) is 5.96. The van der Waals surface area contributed by atoms with E-state index < -0.39 is 23.8 Å². The quantitative estimate of drug-likeness (QED) is 0.759. The highest BCUT2D eigenvalue weighted by Gasteiger charge is 2.30. The van der Waals surface area contributed by atoms with E-state index in [2.05, 4.69) is 0 Å². The van der Waals surface area contributed by atoms with Crippen LogP contribution >= 0.6 is 0 Å². The van der Waals surface area contributed by atoms with Gasteiger partial charge in [0.1, 0.15) is 11.9 Å². The standard InChI is InChI=1S/C19H20F3NO3/c1-23(13-18(24)25)11-10-17(14-6-3-2-4-7-14)26-16-9-5-8-15(12-16)19(20,21)22/h2-9,12,17H,10-11,13H2,1H3,(H,24,25)/t17-/m0/s1. The van der Waals surface area contributed by atoms with Gasteiger partial charge in [-0.25, -0.2) is 0 Å². The summed E-state index contributed by atoms with van der Waals surface area (Å²) in [6, 6.07) is 13.9. The van der Waals surface area contributed by atoms with E-state index in [0.717, 1.165) is 17.7 Å². The predicted octanol–water partition coefficient (Wildman–Crippen LogP) is 4.23. The van der Waals surface area contributed by atoms with Crippen LogP contribution in [0.2, 0.25) is 0 Å². The topological polar surface area (TPSA) is 49.8 Å². The summed E-state index contributed by atoms with van der Waals surface area (Å²) in [5.74, 6) is -0.822. The van der Waals surface area contributed by atoms with Crippen LogP contribution in [0.15, 0.2) is 54.6 Å². The molecule has 4 nitrogen and oxygen atoms in total. The van der Waals surface area contributed by atoms with Crippen molar-refractivity contribution in [1.29, 1.82) is 0 Å². The number of nitrogens with zero attached hydrogens (tertiary/aromatic N) is 1. The largest absolute Gasteiger partial charge is 0.486 e. The van der Waals surface area contributed by atoms with E-state index >= 15 is 0 Å². The van der Waals surface area contributed by atoms with Crippen molar-refractivity contribution in [3.05, 3.63) is 65.7 Å². The van der Waals surface area contributed by atoms with Gasteiger partial charge in [-0.2, -0.15) is 13.2 Å². The highest BCUT2D eigenvalue weighted by atomic mass is 19.4. The average Bonchev–Trinajstić information content (AvgIpc) is 2.58. The third kappa shape index (κ3) is 6.07. The number of halogens is 3. The molecular formula is C19H20F3NO3. The van der Waals surface area contributed by atoms with E-state index in [9.17, 15) is 18.0 Å². The Bertz CT molecular complexity index is 719. The molecule has 0 aromatic heterocycles. The molecule has 0 fully saturated rings. The van der Waals surface area contributed by atoms with Crippen LogP contribution < -0.4 is 4.74 Å². The molecule has 0 unspecified atom stereocenters. The molecule has 0 amide bonds. The molecule has 2 aromatic rings. The average molecular weight is 367 g/mol. The van der Waals surface area contributed by atoms with Crippen LogP contribution in [0.4, 0.5) is 13.2 Å². The number of ether oxygens (including phenoxy) is 1. The minimum absolute atomic E-state index is 0.120. The van der Waals surface area contributed by atoms with Gasteiger partial charge < -0.3 is 9.84 Å². The first kappa shape index (κ1) is 19.8. The second-order valence-electron chi connectivity index (χ2n) is 5.96. The molecule has 2 aromatic carbocycles. The van der Waals surface area contributed by atoms with Gasteiger partial charge in [0.15, 0.2) is 0 Å². The summed E-state index contributed by atoms with van der Waals surface area (Å²) in [7, 11) is 1.67. The molecule has 140 valence electrons. The van der Waals surface area contributed by atoms with Gasteiger partial charge in [-0.05, 0) is 30.8 Å². The van der Waals surface area contributed by atoms with Crippen LogP contribution in [0.3, 0.4) is 0 Å². The first-order valence-electron chi connectivity index (χ1n) is 8.05. The lowest BCUT2D eigenvalue weighted by molar-refractivity contribution is -0.138. The minimum Gasteiger partial charge on any atom is -0.486 e. The molecule has 0 heterocycles. The smallest absolute Gasteiger partial charge is 0.416 e. The minimum atomic E-state index is -4.44. The summed E-state index contributed by atoms with van der Waals surface area (Å²) in [6.45, 7) is 0.301. The lowest BCUT2D eigenvalue weighted by atomic mass is 10.1. The Morgan fingerprint density at radius 2 is 1.85 bits per heavy atom. The monoisotopic (exact) mass is 367 g/mol. The molecule has 0 radical (unpaired) electrons. The Hall–Kier alpha value is -2.54. The predicted molar refractivity (Wildman–Crippen MR) is 91.0 cm³/mol. The fraction of sp³-hybridized carbons (Fsp3) is 0.316. The van der Waals surface area contributed by atoms with Crippen LogP contribution in [0, 0.1) is 0 Å². The molecule has 1 atom stereocenters. The summed E-state index contributed by atoms with van der Waals surface area (Å²) < 4.78 is 44.5. The van der Waals surface area contributed by atoms with Crippen molar-refractivity contribution in [2.75, 3.05) is 20.1 Å². The zero-order valence-corrected chi connectivity index (χ0v) is 14.2. The van der Waals surface area contributed by atoms with Crippen molar-refractivity contribution in [1.82, 2.24) is 4.90 Å². The van der Waals surface area contributed by atoms with Gasteiger partial charge in [-0.15, -0.1) is 0 Å². The Labute approximate surface area is 149 Å². The fourth-order valence-corrected chi connectivity index (χ4v) is 2.52. The van der Waals surface area contributed by atoms with Crippen molar-refractivity contribution in [3.8, 4) is 5.75 Å². The van der Waals surface area contributed by atoms with Crippen molar-refractivity contribution in [2.24, 2.45) is 0 Å². The first-order valence-corrected chi connectivity index (χ1v) is 8.05. The van der Waals surface area contributed by atoms with Crippen molar-refractivity contribution in [3.63, 3.8) is 0 Å². The van der Waals surface area contributed by atoms with Crippen LogP contribution in [0.5, 0.6) is 5.75 Å². The molecule has 0 spiro atoms. The van der Waals surface area contributed by atoms with Gasteiger partial charge >= 0.3 is 12.1 Å². The zero-order chi connectivity index (χ0) is 19.2. The van der Waals surface area contributed by atoms with Gasteiger partial charge in [-0.3, -0.25) is 9.69 Å². The van der Waals surface area contributed by atoms with E-state index in [4.69, 9.17) is 9.84 Å². The number of carbonyl (C=O) groups is 1. The van der Waals surface area contributed by atoms with E-state index in [1.165, 1.54) is 12.1 Å².